The molecular weight excluding hydrogens is 570 g/mol. The number of nitrogens with zero attached hydrogens (tertiary/aromatic N) is 5. The van der Waals surface area contributed by atoms with Crippen LogP contribution in [-0.2, 0) is 9.53 Å². The maximum absolute atomic E-state index is 15.6. The molecule has 2 saturated heterocycles. The molecule has 43 heavy (non-hydrogen) atoms. The van der Waals surface area contributed by atoms with Crippen LogP contribution in [0.15, 0.2) is 35.3 Å². The Bertz CT molecular complexity index is 1740. The van der Waals surface area contributed by atoms with Crippen molar-refractivity contribution in [1.82, 2.24) is 4.68 Å². The fourth-order valence-corrected chi connectivity index (χ4v) is 5.71. The number of carboxylic acid groups (broad SMARTS) is 1. The van der Waals surface area contributed by atoms with Gasteiger partial charge in [-0.2, -0.15) is 0 Å². The molecule has 0 saturated carbocycles. The zero-order chi connectivity index (χ0) is 30.7. The zero-order valence-corrected chi connectivity index (χ0v) is 23.3. The van der Waals surface area contributed by atoms with E-state index >= 15 is 8.78 Å². The number of ketones is 1. The molecule has 0 aliphatic carbocycles. The van der Waals surface area contributed by atoms with Gasteiger partial charge in [-0.25, -0.2) is 18.4 Å². The number of carboxylic acids is 1. The number of rotatable bonds is 6. The molecule has 13 nitrogen and oxygen atoms in total. The van der Waals surface area contributed by atoms with Gasteiger partial charge in [-0.1, -0.05) is 0 Å². The number of halogens is 2. The molecule has 0 radical (unpaired) electrons. The molecule has 1 unspecified atom stereocenters. The van der Waals surface area contributed by atoms with Gasteiger partial charge in [-0.05, 0) is 31.2 Å². The van der Waals surface area contributed by atoms with Crippen LogP contribution < -0.4 is 35.6 Å². The maximum atomic E-state index is 15.6. The van der Waals surface area contributed by atoms with Crippen molar-refractivity contribution in [2.75, 3.05) is 66.2 Å². The van der Waals surface area contributed by atoms with E-state index in [2.05, 4.69) is 0 Å². The molecule has 2 fully saturated rings. The van der Waals surface area contributed by atoms with E-state index in [-0.39, 0.29) is 60.2 Å². The number of aromatic carboxylic acids is 1. The van der Waals surface area contributed by atoms with E-state index in [0.717, 1.165) is 6.07 Å². The van der Waals surface area contributed by atoms with Crippen LogP contribution in [0.2, 0.25) is 0 Å². The second kappa shape index (κ2) is 10.4. The molecule has 1 aromatic heterocycles. The molecule has 226 valence electrons. The van der Waals surface area contributed by atoms with Crippen molar-refractivity contribution in [2.24, 2.45) is 5.73 Å². The summed E-state index contributed by atoms with van der Waals surface area (Å²) in [6.45, 7) is 2.52. The third-order valence-corrected chi connectivity index (χ3v) is 8.03. The Morgan fingerprint density at radius 2 is 1.77 bits per heavy atom. The summed E-state index contributed by atoms with van der Waals surface area (Å²) < 4.78 is 43.4. The van der Waals surface area contributed by atoms with Crippen LogP contribution in [0.4, 0.5) is 30.6 Å². The summed E-state index contributed by atoms with van der Waals surface area (Å²) in [5.41, 5.74) is 5.47. The number of pyridine rings is 1. The number of piperazine rings is 1. The quantitative estimate of drug-likeness (QED) is 0.425. The highest BCUT2D eigenvalue weighted by atomic mass is 19.1. The van der Waals surface area contributed by atoms with Gasteiger partial charge in [-0.3, -0.25) is 24.2 Å². The van der Waals surface area contributed by atoms with Gasteiger partial charge in [0.25, 0.3) is 0 Å². The van der Waals surface area contributed by atoms with Gasteiger partial charge in [-0.15, -0.1) is 0 Å². The lowest BCUT2D eigenvalue weighted by atomic mass is 10.1. The molecule has 6 rings (SSSR count). The fraction of sp³-hybridized carbons (Fsp3) is 0.357. The summed E-state index contributed by atoms with van der Waals surface area (Å²) in [6.07, 6.45) is -0.355. The number of anilines is 3. The molecule has 2 aromatic carbocycles. The molecule has 3 aliphatic rings. The minimum atomic E-state index is -1.42. The van der Waals surface area contributed by atoms with Crippen LogP contribution >= 0.6 is 0 Å². The van der Waals surface area contributed by atoms with Gasteiger partial charge >= 0.3 is 12.1 Å². The molecule has 1 amide bonds. The standard InChI is InChI=1S/C28H28F2N6O7/c1-14(37)22(31)21-12-35(28(41)43-21)15-3-4-20(18(29)9-15)33-5-7-34(8-6-33)24-19(30)10-16-23-26(24)42-13-32(2)36(23)11-17(25(16)38)27(39)40/h3-4,9-11,21-22H,5-8,12-13,31H2,1-2H3,(H,39,40)/t21-,22?/m0/s1. The third-order valence-electron chi connectivity index (χ3n) is 8.03. The first-order chi connectivity index (χ1) is 20.5. The van der Waals surface area contributed by atoms with Crippen molar-refractivity contribution in [3.8, 4) is 5.75 Å². The van der Waals surface area contributed by atoms with Gasteiger partial charge in [0.05, 0.1) is 23.3 Å². The van der Waals surface area contributed by atoms with E-state index in [1.165, 1.54) is 28.8 Å². The molecule has 3 N–H and O–H groups in total. The molecule has 4 heterocycles. The topological polar surface area (TPSA) is 151 Å². The number of aromatic nitrogens is 1. The lowest BCUT2D eigenvalue weighted by Gasteiger charge is -2.39. The number of ether oxygens (including phenoxy) is 2. The van der Waals surface area contributed by atoms with Crippen molar-refractivity contribution < 1.29 is 37.7 Å². The van der Waals surface area contributed by atoms with Crippen LogP contribution in [0.5, 0.6) is 5.75 Å². The summed E-state index contributed by atoms with van der Waals surface area (Å²) in [5, 5.41) is 10.9. The number of hydrogen-bond donors (Lipinski definition) is 2. The van der Waals surface area contributed by atoms with Crippen LogP contribution in [0.1, 0.15) is 17.3 Å². The summed E-state index contributed by atoms with van der Waals surface area (Å²) in [5.74, 6) is -2.92. The lowest BCUT2D eigenvalue weighted by molar-refractivity contribution is -0.120. The van der Waals surface area contributed by atoms with Crippen molar-refractivity contribution in [3.63, 3.8) is 0 Å². The SMILES string of the molecule is CC(=O)C(N)[C@@H]1CN(c2ccc(N3CCN(c4c(F)cc5c(=O)c(C(=O)O)cn6c5c4OCN6C)CC3)c(F)c2)C(=O)O1. The van der Waals surface area contributed by atoms with Crippen LogP contribution in [-0.4, -0.2) is 86.3 Å². The van der Waals surface area contributed by atoms with Crippen molar-refractivity contribution in [3.05, 3.63) is 57.9 Å². The van der Waals surface area contributed by atoms with E-state index in [0.29, 0.717) is 18.8 Å². The summed E-state index contributed by atoms with van der Waals surface area (Å²) in [7, 11) is 1.65. The van der Waals surface area contributed by atoms with Gasteiger partial charge < -0.3 is 30.1 Å². The molecule has 15 heteroatoms. The number of hydrogen-bond acceptors (Lipinski definition) is 10. The smallest absolute Gasteiger partial charge is 0.414 e. The molecule has 0 bridgehead atoms. The van der Waals surface area contributed by atoms with Crippen LogP contribution in [0.3, 0.4) is 0 Å². The Morgan fingerprint density at radius 3 is 2.42 bits per heavy atom. The predicted molar refractivity (Wildman–Crippen MR) is 152 cm³/mol. The number of Topliss-reactive ketones (excluding diaryl/α,β-unsaturated/α-hetero) is 1. The van der Waals surface area contributed by atoms with E-state index < -0.39 is 46.8 Å². The first-order valence-corrected chi connectivity index (χ1v) is 13.5. The van der Waals surface area contributed by atoms with Gasteiger partial charge in [0.2, 0.25) is 5.43 Å². The molecule has 0 spiro atoms. The highest BCUT2D eigenvalue weighted by Crippen LogP contribution is 2.40. The Balaban J connectivity index is 1.23. The largest absolute Gasteiger partial charge is 0.477 e. The number of carbonyl (C=O) groups excluding carboxylic acids is 2. The van der Waals surface area contributed by atoms with Gasteiger partial charge in [0.15, 0.2) is 18.3 Å². The molecule has 3 aliphatic heterocycles. The normalized spacial score (nSPS) is 19.0. The van der Waals surface area contributed by atoms with Crippen LogP contribution in [0.25, 0.3) is 10.9 Å². The summed E-state index contributed by atoms with van der Waals surface area (Å²) in [6, 6.07) is 4.40. The second-order valence-corrected chi connectivity index (χ2v) is 10.7. The maximum Gasteiger partial charge on any atom is 0.414 e. The molecular formula is C28H28F2N6O7. The Kier molecular flexibility index (Phi) is 6.83. The number of benzene rings is 2. The van der Waals surface area contributed by atoms with E-state index in [1.807, 2.05) is 0 Å². The van der Waals surface area contributed by atoms with Crippen molar-refractivity contribution >= 4 is 45.8 Å². The Morgan fingerprint density at radius 1 is 1.07 bits per heavy atom. The van der Waals surface area contributed by atoms with Gasteiger partial charge in [0.1, 0.15) is 40.5 Å². The predicted octanol–water partition coefficient (Wildman–Crippen LogP) is 1.46. The number of cyclic esters (lactones) is 1. The van der Waals surface area contributed by atoms with Gasteiger partial charge in [0, 0.05) is 39.4 Å². The Hall–Kier alpha value is -4.92. The fourth-order valence-electron chi connectivity index (χ4n) is 5.71. The lowest BCUT2D eigenvalue weighted by Crippen LogP contribution is -2.48. The monoisotopic (exact) mass is 598 g/mol. The molecule has 2 atom stereocenters. The first-order valence-electron chi connectivity index (χ1n) is 13.5. The average Bonchev–Trinajstić information content (AvgIpc) is 3.36. The van der Waals surface area contributed by atoms with E-state index in [4.69, 9.17) is 15.2 Å². The third kappa shape index (κ3) is 4.65. The minimum Gasteiger partial charge on any atom is -0.477 e. The Labute approximate surface area is 243 Å². The zero-order valence-electron chi connectivity index (χ0n) is 23.3. The number of carbonyl (C=O) groups is 3. The average molecular weight is 599 g/mol. The van der Waals surface area contributed by atoms with E-state index in [9.17, 15) is 24.3 Å². The van der Waals surface area contributed by atoms with Crippen molar-refractivity contribution in [2.45, 2.75) is 19.1 Å². The van der Waals surface area contributed by atoms with Crippen LogP contribution in [0, 0.1) is 11.6 Å². The van der Waals surface area contributed by atoms with E-state index in [1.54, 1.807) is 34.0 Å². The second-order valence-electron chi connectivity index (χ2n) is 10.7. The minimum absolute atomic E-state index is 0.00992. The van der Waals surface area contributed by atoms with Crippen molar-refractivity contribution in [1.29, 1.82) is 0 Å². The number of nitrogens with two attached hydrogens (primary N) is 1. The summed E-state index contributed by atoms with van der Waals surface area (Å²) in [4.78, 5) is 53.2. The molecule has 3 aromatic rings. The highest BCUT2D eigenvalue weighted by molar-refractivity contribution is 5.97. The number of amides is 1. The summed E-state index contributed by atoms with van der Waals surface area (Å²) >= 11 is 0. The highest BCUT2D eigenvalue weighted by Gasteiger charge is 2.38. The first kappa shape index (κ1) is 28.2.